The molecular weight excluding hydrogens is 230 g/mol. The topological polar surface area (TPSA) is 75.6 Å². The summed E-state index contributed by atoms with van der Waals surface area (Å²) in [4.78, 5) is 21.4. The van der Waals surface area contributed by atoms with Gasteiger partial charge in [-0.15, -0.1) is 11.8 Å². The lowest BCUT2D eigenvalue weighted by molar-refractivity contribution is -0.133. The molecule has 2 N–H and O–H groups in total. The number of amides is 1. The summed E-state index contributed by atoms with van der Waals surface area (Å²) in [5, 5.41) is 11.2. The highest BCUT2D eigenvalue weighted by atomic mass is 32.2. The fraction of sp³-hybridized carbons (Fsp3) is 0.800. The Hall–Kier alpha value is -0.750. The van der Waals surface area contributed by atoms with Gasteiger partial charge in [0.15, 0.2) is 0 Å². The Morgan fingerprint density at radius 1 is 1.44 bits per heavy atom. The van der Waals surface area contributed by atoms with E-state index >= 15 is 0 Å². The van der Waals surface area contributed by atoms with Crippen LogP contribution in [0.25, 0.3) is 0 Å². The molecule has 92 valence electrons. The Labute approximate surface area is 98.9 Å². The quantitative estimate of drug-likeness (QED) is 0.679. The van der Waals surface area contributed by atoms with E-state index in [1.165, 1.54) is 0 Å². The van der Waals surface area contributed by atoms with Crippen LogP contribution >= 0.6 is 11.8 Å². The molecular formula is C10H17NO4S. The lowest BCUT2D eigenvalue weighted by Gasteiger charge is -2.08. The van der Waals surface area contributed by atoms with Crippen molar-refractivity contribution in [3.63, 3.8) is 0 Å². The minimum absolute atomic E-state index is 0.0239. The van der Waals surface area contributed by atoms with E-state index in [0.29, 0.717) is 12.5 Å². The Morgan fingerprint density at radius 3 is 2.88 bits per heavy atom. The van der Waals surface area contributed by atoms with E-state index in [-0.39, 0.29) is 17.4 Å². The predicted octanol–water partition coefficient (Wildman–Crippen LogP) is 0.347. The molecule has 0 aromatic carbocycles. The van der Waals surface area contributed by atoms with E-state index in [4.69, 9.17) is 9.84 Å². The van der Waals surface area contributed by atoms with Crippen LogP contribution in [0.2, 0.25) is 0 Å². The maximum absolute atomic E-state index is 11.2. The number of carboxylic acid groups (broad SMARTS) is 1. The summed E-state index contributed by atoms with van der Waals surface area (Å²) in [6.45, 7) is 2.28. The molecule has 1 aliphatic heterocycles. The van der Waals surface area contributed by atoms with Crippen LogP contribution in [-0.4, -0.2) is 48.2 Å². The van der Waals surface area contributed by atoms with Gasteiger partial charge in [-0.1, -0.05) is 0 Å². The maximum atomic E-state index is 11.2. The second-order valence-electron chi connectivity index (χ2n) is 3.75. The number of hydrogen-bond donors (Lipinski definition) is 2. The summed E-state index contributed by atoms with van der Waals surface area (Å²) < 4.78 is 5.22. The van der Waals surface area contributed by atoms with E-state index < -0.39 is 5.97 Å². The first-order chi connectivity index (χ1) is 7.68. The highest BCUT2D eigenvalue weighted by Crippen LogP contribution is 2.15. The lowest BCUT2D eigenvalue weighted by atomic mass is 10.1. The summed E-state index contributed by atoms with van der Waals surface area (Å²) in [5.41, 5.74) is 0. The molecule has 0 aromatic heterocycles. The lowest BCUT2D eigenvalue weighted by Crippen LogP contribution is -2.28. The molecule has 0 saturated carbocycles. The largest absolute Gasteiger partial charge is 0.481 e. The van der Waals surface area contributed by atoms with Crippen LogP contribution in [0.5, 0.6) is 0 Å². The smallest absolute Gasteiger partial charge is 0.313 e. The SMILES string of the molecule is O=C(O)CSCC(=O)NCCC1CCOC1. The highest BCUT2D eigenvalue weighted by Gasteiger charge is 2.15. The van der Waals surface area contributed by atoms with Crippen LogP contribution in [0, 0.1) is 5.92 Å². The second-order valence-corrected chi connectivity index (χ2v) is 4.74. The number of rotatable bonds is 7. The molecule has 1 rings (SSSR count). The number of nitrogens with one attached hydrogen (secondary N) is 1. The van der Waals surface area contributed by atoms with Gasteiger partial charge in [-0.3, -0.25) is 9.59 Å². The van der Waals surface area contributed by atoms with Gasteiger partial charge in [-0.25, -0.2) is 0 Å². The molecule has 0 aliphatic carbocycles. The van der Waals surface area contributed by atoms with Gasteiger partial charge in [0.05, 0.1) is 11.5 Å². The Kier molecular flexibility index (Phi) is 6.25. The molecule has 0 bridgehead atoms. The van der Waals surface area contributed by atoms with E-state index in [9.17, 15) is 9.59 Å². The van der Waals surface area contributed by atoms with Crippen LogP contribution in [-0.2, 0) is 14.3 Å². The number of thioether (sulfide) groups is 1. The molecule has 0 spiro atoms. The Balaban J connectivity index is 1.95. The van der Waals surface area contributed by atoms with Gasteiger partial charge in [0.25, 0.3) is 0 Å². The van der Waals surface area contributed by atoms with Gasteiger partial charge in [0.1, 0.15) is 0 Å². The molecule has 0 radical (unpaired) electrons. The van der Waals surface area contributed by atoms with E-state index in [2.05, 4.69) is 5.32 Å². The molecule has 1 saturated heterocycles. The molecule has 16 heavy (non-hydrogen) atoms. The minimum Gasteiger partial charge on any atom is -0.481 e. The molecule has 1 atom stereocenters. The zero-order valence-electron chi connectivity index (χ0n) is 9.11. The minimum atomic E-state index is -0.888. The summed E-state index contributed by atoms with van der Waals surface area (Å²) >= 11 is 1.12. The average Bonchev–Trinajstić information content (AvgIpc) is 2.70. The van der Waals surface area contributed by atoms with Gasteiger partial charge < -0.3 is 15.2 Å². The highest BCUT2D eigenvalue weighted by molar-refractivity contribution is 8.00. The van der Waals surface area contributed by atoms with Crippen LogP contribution in [0.4, 0.5) is 0 Å². The first kappa shape index (κ1) is 13.3. The Bertz CT molecular complexity index is 241. The normalized spacial score (nSPS) is 19.6. The number of carboxylic acids is 1. The summed E-state index contributed by atoms with van der Waals surface area (Å²) in [6.07, 6.45) is 2.01. The van der Waals surface area contributed by atoms with Gasteiger partial charge in [-0.05, 0) is 18.8 Å². The monoisotopic (exact) mass is 247 g/mol. The fourth-order valence-electron chi connectivity index (χ4n) is 1.51. The van der Waals surface area contributed by atoms with E-state index in [0.717, 1.165) is 37.8 Å². The number of carbonyl (C=O) groups is 2. The van der Waals surface area contributed by atoms with Crippen molar-refractivity contribution < 1.29 is 19.4 Å². The van der Waals surface area contributed by atoms with Crippen molar-refractivity contribution >= 4 is 23.6 Å². The first-order valence-corrected chi connectivity index (χ1v) is 6.48. The summed E-state index contributed by atoms with van der Waals surface area (Å²) in [5.74, 6) is -0.227. The maximum Gasteiger partial charge on any atom is 0.313 e. The molecule has 1 aliphatic rings. The molecule has 6 heteroatoms. The molecule has 1 heterocycles. The molecule has 1 fully saturated rings. The number of hydrogen-bond acceptors (Lipinski definition) is 4. The number of ether oxygens (including phenoxy) is 1. The number of aliphatic carboxylic acids is 1. The molecule has 5 nitrogen and oxygen atoms in total. The van der Waals surface area contributed by atoms with Crippen molar-refractivity contribution in [2.24, 2.45) is 5.92 Å². The van der Waals surface area contributed by atoms with Crippen molar-refractivity contribution in [3.8, 4) is 0 Å². The summed E-state index contributed by atoms with van der Waals surface area (Å²) in [6, 6.07) is 0. The predicted molar refractivity (Wildman–Crippen MR) is 61.5 cm³/mol. The van der Waals surface area contributed by atoms with Gasteiger partial charge in [0, 0.05) is 19.8 Å². The first-order valence-electron chi connectivity index (χ1n) is 5.32. The van der Waals surface area contributed by atoms with E-state index in [1.54, 1.807) is 0 Å². The third-order valence-electron chi connectivity index (χ3n) is 2.36. The van der Waals surface area contributed by atoms with Gasteiger partial charge in [0.2, 0.25) is 5.91 Å². The van der Waals surface area contributed by atoms with Gasteiger partial charge >= 0.3 is 5.97 Å². The van der Waals surface area contributed by atoms with Crippen molar-refractivity contribution in [2.75, 3.05) is 31.3 Å². The average molecular weight is 247 g/mol. The molecule has 0 aromatic rings. The van der Waals surface area contributed by atoms with Crippen molar-refractivity contribution in [3.05, 3.63) is 0 Å². The van der Waals surface area contributed by atoms with Crippen molar-refractivity contribution in [1.82, 2.24) is 5.32 Å². The van der Waals surface area contributed by atoms with Crippen molar-refractivity contribution in [2.45, 2.75) is 12.8 Å². The van der Waals surface area contributed by atoms with Gasteiger partial charge in [-0.2, -0.15) is 0 Å². The van der Waals surface area contributed by atoms with Crippen LogP contribution in [0.1, 0.15) is 12.8 Å². The second kappa shape index (κ2) is 7.51. The van der Waals surface area contributed by atoms with E-state index in [1.807, 2.05) is 0 Å². The van der Waals surface area contributed by atoms with Crippen LogP contribution in [0.15, 0.2) is 0 Å². The standard InChI is InChI=1S/C10H17NO4S/c12-9(6-16-7-10(13)14)11-3-1-8-2-4-15-5-8/h8H,1-7H2,(H,11,12)(H,13,14). The number of carbonyl (C=O) groups excluding carboxylic acids is 1. The zero-order valence-corrected chi connectivity index (χ0v) is 9.92. The molecule has 1 amide bonds. The zero-order chi connectivity index (χ0) is 11.8. The third-order valence-corrected chi connectivity index (χ3v) is 3.27. The fourth-order valence-corrected chi connectivity index (χ4v) is 2.07. The van der Waals surface area contributed by atoms with Crippen molar-refractivity contribution in [1.29, 1.82) is 0 Å². The van der Waals surface area contributed by atoms with Crippen LogP contribution in [0.3, 0.4) is 0 Å². The molecule has 1 unspecified atom stereocenters. The Morgan fingerprint density at radius 2 is 2.25 bits per heavy atom. The summed E-state index contributed by atoms with van der Waals surface area (Å²) in [7, 11) is 0. The third kappa shape index (κ3) is 5.97. The van der Waals surface area contributed by atoms with Crippen LogP contribution < -0.4 is 5.32 Å².